The van der Waals surface area contributed by atoms with E-state index in [2.05, 4.69) is 0 Å². The lowest BCUT2D eigenvalue weighted by Gasteiger charge is -2.14. The lowest BCUT2D eigenvalue weighted by atomic mass is 10.2. The highest BCUT2D eigenvalue weighted by Gasteiger charge is 2.12. The van der Waals surface area contributed by atoms with Crippen LogP contribution in [0.3, 0.4) is 0 Å². The van der Waals surface area contributed by atoms with Crippen molar-refractivity contribution in [2.24, 2.45) is 0 Å². The molecule has 0 amide bonds. The Labute approximate surface area is 128 Å². The Morgan fingerprint density at radius 2 is 1.82 bits per heavy atom. The van der Waals surface area contributed by atoms with Gasteiger partial charge in [0.15, 0.2) is 0 Å². The van der Waals surface area contributed by atoms with Crippen LogP contribution in [0.1, 0.15) is 11.1 Å². The number of ether oxygens (including phenoxy) is 2. The van der Waals surface area contributed by atoms with Crippen LogP contribution in [0, 0.1) is 24.1 Å². The average molecular weight is 301 g/mol. The molecule has 0 fully saturated rings. The molecule has 1 atom stereocenters. The highest BCUT2D eigenvalue weighted by Crippen LogP contribution is 2.20. The molecule has 2 rings (SSSR count). The van der Waals surface area contributed by atoms with E-state index in [1.165, 1.54) is 18.2 Å². The zero-order chi connectivity index (χ0) is 15.9. The molecule has 22 heavy (non-hydrogen) atoms. The lowest BCUT2D eigenvalue weighted by molar-refractivity contribution is 0.0624. The first-order valence-electron chi connectivity index (χ1n) is 6.79. The molecule has 5 heteroatoms. The van der Waals surface area contributed by atoms with Crippen molar-refractivity contribution < 1.29 is 19.0 Å². The van der Waals surface area contributed by atoms with Crippen LogP contribution in [-0.2, 0) is 0 Å². The van der Waals surface area contributed by atoms with Crippen molar-refractivity contribution >= 4 is 0 Å². The van der Waals surface area contributed by atoms with Crippen LogP contribution in [0.25, 0.3) is 0 Å². The molecule has 0 spiro atoms. The van der Waals surface area contributed by atoms with Gasteiger partial charge in [-0.1, -0.05) is 23.8 Å². The third-order valence-electron chi connectivity index (χ3n) is 2.98. The number of aliphatic hydroxyl groups is 1. The van der Waals surface area contributed by atoms with E-state index < -0.39 is 11.9 Å². The molecule has 0 aliphatic carbocycles. The third kappa shape index (κ3) is 4.21. The fourth-order valence-electron chi connectivity index (χ4n) is 1.79. The maximum absolute atomic E-state index is 13.4. The topological polar surface area (TPSA) is 62.5 Å². The summed E-state index contributed by atoms with van der Waals surface area (Å²) in [6.07, 6.45) is -0.892. The van der Waals surface area contributed by atoms with Gasteiger partial charge in [-0.25, -0.2) is 4.39 Å². The van der Waals surface area contributed by atoms with Gasteiger partial charge in [0, 0.05) is 0 Å². The van der Waals surface area contributed by atoms with Gasteiger partial charge in [-0.15, -0.1) is 0 Å². The predicted molar refractivity (Wildman–Crippen MR) is 79.3 cm³/mol. The summed E-state index contributed by atoms with van der Waals surface area (Å²) in [7, 11) is 0. The van der Waals surface area contributed by atoms with E-state index in [0.29, 0.717) is 5.75 Å². The summed E-state index contributed by atoms with van der Waals surface area (Å²) >= 11 is 0. The molecule has 0 bridgehead atoms. The predicted octanol–water partition coefficient (Wildman–Crippen LogP) is 2.82. The molecule has 4 nitrogen and oxygen atoms in total. The number of rotatable bonds is 6. The molecule has 2 aromatic carbocycles. The third-order valence-corrected chi connectivity index (χ3v) is 2.98. The molecule has 0 aliphatic heterocycles. The Kier molecular flexibility index (Phi) is 5.34. The second kappa shape index (κ2) is 7.43. The molecule has 2 aromatic rings. The van der Waals surface area contributed by atoms with Gasteiger partial charge in [-0.3, -0.25) is 0 Å². The summed E-state index contributed by atoms with van der Waals surface area (Å²) in [5.41, 5.74) is 0.945. The molecular formula is C17H16FNO3. The normalized spacial score (nSPS) is 11.5. The number of nitrogens with zero attached hydrogens (tertiary/aromatic N) is 1. The average Bonchev–Trinajstić information content (AvgIpc) is 2.52. The molecule has 0 aromatic heterocycles. The van der Waals surface area contributed by atoms with Gasteiger partial charge in [-0.05, 0) is 31.2 Å². The lowest BCUT2D eigenvalue weighted by Crippen LogP contribution is -2.25. The van der Waals surface area contributed by atoms with Crippen LogP contribution in [-0.4, -0.2) is 24.4 Å². The van der Waals surface area contributed by atoms with Crippen LogP contribution < -0.4 is 9.47 Å². The Hall–Kier alpha value is -2.58. The van der Waals surface area contributed by atoms with Crippen LogP contribution in [0.5, 0.6) is 11.5 Å². The zero-order valence-corrected chi connectivity index (χ0v) is 12.1. The maximum atomic E-state index is 13.4. The van der Waals surface area contributed by atoms with Crippen molar-refractivity contribution in [3.05, 3.63) is 59.4 Å². The van der Waals surface area contributed by atoms with Gasteiger partial charge in [-0.2, -0.15) is 5.26 Å². The monoisotopic (exact) mass is 301 g/mol. The van der Waals surface area contributed by atoms with Gasteiger partial charge in [0.1, 0.15) is 48.3 Å². The zero-order valence-electron chi connectivity index (χ0n) is 12.1. The summed E-state index contributed by atoms with van der Waals surface area (Å²) in [4.78, 5) is 0. The van der Waals surface area contributed by atoms with Crippen molar-refractivity contribution in [1.29, 1.82) is 5.26 Å². The molecule has 114 valence electrons. The van der Waals surface area contributed by atoms with Crippen LogP contribution in [0.4, 0.5) is 4.39 Å². The van der Waals surface area contributed by atoms with Gasteiger partial charge in [0.05, 0.1) is 0 Å². The van der Waals surface area contributed by atoms with Gasteiger partial charge in [0.25, 0.3) is 0 Å². The number of hydrogen-bond acceptors (Lipinski definition) is 4. The summed E-state index contributed by atoms with van der Waals surface area (Å²) in [5, 5.41) is 18.7. The SMILES string of the molecule is Cc1ccc(OCC(O)COc2cccc(F)c2C#N)cc1. The number of halogens is 1. The van der Waals surface area contributed by atoms with Gasteiger partial charge in [0.2, 0.25) is 0 Å². The van der Waals surface area contributed by atoms with Crippen molar-refractivity contribution in [2.45, 2.75) is 13.0 Å². The Morgan fingerprint density at radius 3 is 2.50 bits per heavy atom. The first-order valence-corrected chi connectivity index (χ1v) is 6.79. The van der Waals surface area contributed by atoms with Crippen molar-refractivity contribution in [3.8, 4) is 17.6 Å². The van der Waals surface area contributed by atoms with Crippen molar-refractivity contribution in [1.82, 2.24) is 0 Å². The Balaban J connectivity index is 1.85. The summed E-state index contributed by atoms with van der Waals surface area (Å²) in [6.45, 7) is 1.92. The first-order chi connectivity index (χ1) is 10.6. The Bertz CT molecular complexity index is 665. The van der Waals surface area contributed by atoms with E-state index in [-0.39, 0.29) is 24.5 Å². The minimum Gasteiger partial charge on any atom is -0.491 e. The molecule has 0 aliphatic rings. The minimum absolute atomic E-state index is 0.0419. The van der Waals surface area contributed by atoms with Crippen molar-refractivity contribution in [3.63, 3.8) is 0 Å². The van der Waals surface area contributed by atoms with E-state index in [9.17, 15) is 9.50 Å². The Morgan fingerprint density at radius 1 is 1.14 bits per heavy atom. The number of aliphatic hydroxyl groups excluding tert-OH is 1. The van der Waals surface area contributed by atoms with Gasteiger partial charge >= 0.3 is 0 Å². The maximum Gasteiger partial charge on any atom is 0.144 e. The largest absolute Gasteiger partial charge is 0.491 e. The summed E-state index contributed by atoms with van der Waals surface area (Å²) in [6, 6.07) is 13.3. The smallest absolute Gasteiger partial charge is 0.144 e. The first kappa shape index (κ1) is 15.8. The van der Waals surface area contributed by atoms with Crippen molar-refractivity contribution in [2.75, 3.05) is 13.2 Å². The summed E-state index contributed by atoms with van der Waals surface area (Å²) < 4.78 is 24.1. The van der Waals surface area contributed by atoms with Crippen LogP contribution >= 0.6 is 0 Å². The molecule has 0 radical (unpaired) electrons. The quantitative estimate of drug-likeness (QED) is 0.891. The highest BCUT2D eigenvalue weighted by molar-refractivity contribution is 5.43. The van der Waals surface area contributed by atoms with E-state index in [4.69, 9.17) is 14.7 Å². The minimum atomic E-state index is -0.892. The fraction of sp³-hybridized carbons (Fsp3) is 0.235. The molecule has 1 unspecified atom stereocenters. The molecule has 0 saturated carbocycles. The molecule has 0 heterocycles. The second-order valence-electron chi connectivity index (χ2n) is 4.81. The molecule has 0 saturated heterocycles. The summed E-state index contributed by atoms with van der Waals surface area (Å²) in [5.74, 6) is 0.107. The molecular weight excluding hydrogens is 285 g/mol. The number of nitriles is 1. The van der Waals surface area contributed by atoms with Gasteiger partial charge < -0.3 is 14.6 Å². The number of hydrogen-bond donors (Lipinski definition) is 1. The highest BCUT2D eigenvalue weighted by atomic mass is 19.1. The standard InChI is InChI=1S/C17H16FNO3/c1-12-5-7-14(8-6-12)21-10-13(20)11-22-17-4-2-3-16(18)15(17)9-19/h2-8,13,20H,10-11H2,1H3. The van der Waals surface area contributed by atoms with E-state index >= 15 is 0 Å². The molecule has 1 N–H and O–H groups in total. The van der Waals surface area contributed by atoms with E-state index in [0.717, 1.165) is 5.56 Å². The van der Waals surface area contributed by atoms with E-state index in [1.807, 2.05) is 31.2 Å². The van der Waals surface area contributed by atoms with E-state index in [1.54, 1.807) is 6.07 Å². The van der Waals surface area contributed by atoms with Crippen LogP contribution in [0.2, 0.25) is 0 Å². The number of aryl methyl sites for hydroxylation is 1. The van der Waals surface area contributed by atoms with Crippen LogP contribution in [0.15, 0.2) is 42.5 Å². The second-order valence-corrected chi connectivity index (χ2v) is 4.81. The fourth-order valence-corrected chi connectivity index (χ4v) is 1.79. The number of benzene rings is 2.